The summed E-state index contributed by atoms with van der Waals surface area (Å²) < 4.78 is 7.49. The Bertz CT molecular complexity index is 4250. The van der Waals surface area contributed by atoms with E-state index in [4.69, 9.17) is 0 Å². The van der Waals surface area contributed by atoms with Crippen LogP contribution in [0.15, 0.2) is 249 Å². The lowest BCUT2D eigenvalue weighted by Crippen LogP contribution is -2.09. The summed E-state index contributed by atoms with van der Waals surface area (Å²) in [4.78, 5) is 2.41. The second-order valence-electron chi connectivity index (χ2n) is 17.7. The third-order valence-corrected chi connectivity index (χ3v) is 15.0. The fourth-order valence-electron chi connectivity index (χ4n) is 10.8. The zero-order chi connectivity index (χ0) is 44.7. The number of anilines is 3. The molecule has 0 radical (unpaired) electrons. The van der Waals surface area contributed by atoms with Crippen LogP contribution in [0.4, 0.5) is 17.1 Å². The van der Waals surface area contributed by atoms with Crippen molar-refractivity contribution in [1.82, 2.24) is 9.13 Å². The van der Waals surface area contributed by atoms with Gasteiger partial charge in [0.25, 0.3) is 0 Å². The molecule has 0 aliphatic heterocycles. The zero-order valence-electron chi connectivity index (χ0n) is 36.9. The molecule has 0 fully saturated rings. The molecule has 0 spiro atoms. The van der Waals surface area contributed by atoms with Gasteiger partial charge in [0.05, 0.1) is 11.0 Å². The zero-order valence-corrected chi connectivity index (χ0v) is 37.7. The lowest BCUT2D eigenvalue weighted by molar-refractivity contribution is 1.07. The molecule has 3 heterocycles. The summed E-state index contributed by atoms with van der Waals surface area (Å²) in [5.41, 5.74) is 13.9. The van der Waals surface area contributed by atoms with Crippen LogP contribution in [-0.4, -0.2) is 9.13 Å². The highest BCUT2D eigenvalue weighted by Gasteiger charge is 2.24. The largest absolute Gasteiger partial charge is 0.310 e. The minimum Gasteiger partial charge on any atom is -0.310 e. The van der Waals surface area contributed by atoms with Gasteiger partial charge in [-0.3, -0.25) is 9.13 Å². The van der Waals surface area contributed by atoms with Crippen molar-refractivity contribution in [2.24, 2.45) is 0 Å². The van der Waals surface area contributed by atoms with Crippen LogP contribution < -0.4 is 4.90 Å². The topological polar surface area (TPSA) is 13.1 Å². The molecule has 3 nitrogen and oxygen atoms in total. The number of benzene rings is 11. The van der Waals surface area contributed by atoms with Crippen molar-refractivity contribution in [3.8, 4) is 33.6 Å². The summed E-state index contributed by atoms with van der Waals surface area (Å²) in [6.45, 7) is 0. The molecule has 0 bridgehead atoms. The number of para-hydroxylation sites is 3. The van der Waals surface area contributed by atoms with Gasteiger partial charge in [-0.2, -0.15) is 0 Å². The molecule has 0 saturated heterocycles. The molecule has 3 aromatic heterocycles. The van der Waals surface area contributed by atoms with Gasteiger partial charge in [-0.05, 0) is 135 Å². The SMILES string of the molecule is c1ccc(-n2c3ccccc3c3c4c(-c5cccc(-c6ccc(N(c7ccc8c(ccc9ccccc98)c7)c7ccc8sc9ccccc9c8c7)cc6)c5)cccc4n(-c4ccccc4)c32)cc1. The van der Waals surface area contributed by atoms with Crippen molar-refractivity contribution < 1.29 is 0 Å². The first-order valence-corrected chi connectivity index (χ1v) is 24.1. The molecule has 0 aliphatic carbocycles. The van der Waals surface area contributed by atoms with Crippen molar-refractivity contribution in [2.45, 2.75) is 0 Å². The quantitative estimate of drug-likeness (QED) is 0.145. The summed E-state index contributed by atoms with van der Waals surface area (Å²) in [7, 11) is 0. The minimum absolute atomic E-state index is 1.10. The van der Waals surface area contributed by atoms with Crippen LogP contribution in [0.3, 0.4) is 0 Å². The molecule has 14 aromatic rings. The van der Waals surface area contributed by atoms with Crippen LogP contribution >= 0.6 is 11.3 Å². The monoisotopic (exact) mass is 883 g/mol. The molecule has 0 atom stereocenters. The lowest BCUT2D eigenvalue weighted by Gasteiger charge is -2.26. The highest BCUT2D eigenvalue weighted by Crippen LogP contribution is 2.46. The van der Waals surface area contributed by atoms with E-state index in [-0.39, 0.29) is 0 Å². The van der Waals surface area contributed by atoms with E-state index in [2.05, 4.69) is 263 Å². The van der Waals surface area contributed by atoms with Gasteiger partial charge in [-0.1, -0.05) is 158 Å². The Hall–Kier alpha value is -8.70. The Morgan fingerprint density at radius 3 is 1.72 bits per heavy atom. The third kappa shape index (κ3) is 6.05. The summed E-state index contributed by atoms with van der Waals surface area (Å²) in [6, 6.07) is 91.2. The van der Waals surface area contributed by atoms with Gasteiger partial charge in [0.2, 0.25) is 0 Å². The predicted octanol–water partition coefficient (Wildman–Crippen LogP) is 18.2. The maximum Gasteiger partial charge on any atom is 0.131 e. The first kappa shape index (κ1) is 38.6. The van der Waals surface area contributed by atoms with Crippen LogP contribution in [0.25, 0.3) is 108 Å². The maximum absolute atomic E-state index is 2.45. The predicted molar refractivity (Wildman–Crippen MR) is 291 cm³/mol. The molecule has 4 heteroatoms. The molecular weight excluding hydrogens is 843 g/mol. The second-order valence-corrected chi connectivity index (χ2v) is 18.8. The fraction of sp³-hybridized carbons (Fsp3) is 0. The molecule has 11 aromatic carbocycles. The van der Waals surface area contributed by atoms with E-state index >= 15 is 0 Å². The van der Waals surface area contributed by atoms with Crippen LogP contribution in [-0.2, 0) is 0 Å². The highest BCUT2D eigenvalue weighted by molar-refractivity contribution is 7.25. The van der Waals surface area contributed by atoms with Gasteiger partial charge in [-0.25, -0.2) is 0 Å². The van der Waals surface area contributed by atoms with Gasteiger partial charge in [0, 0.05) is 64.8 Å². The summed E-state index contributed by atoms with van der Waals surface area (Å²) in [5, 5.41) is 11.3. The van der Waals surface area contributed by atoms with E-state index in [9.17, 15) is 0 Å². The number of rotatable bonds is 7. The highest BCUT2D eigenvalue weighted by atomic mass is 32.1. The summed E-state index contributed by atoms with van der Waals surface area (Å²) in [6.07, 6.45) is 0. The molecule has 0 unspecified atom stereocenters. The Morgan fingerprint density at radius 2 is 0.897 bits per heavy atom. The molecule has 68 heavy (non-hydrogen) atoms. The van der Waals surface area contributed by atoms with Gasteiger partial charge in [0.1, 0.15) is 5.65 Å². The Balaban J connectivity index is 0.915. The maximum atomic E-state index is 2.45. The van der Waals surface area contributed by atoms with E-state index in [1.54, 1.807) is 0 Å². The van der Waals surface area contributed by atoms with Gasteiger partial charge in [0.15, 0.2) is 0 Å². The Kier molecular flexibility index (Phi) is 8.76. The van der Waals surface area contributed by atoms with E-state index in [1.165, 1.54) is 91.2 Å². The van der Waals surface area contributed by atoms with E-state index < -0.39 is 0 Å². The first-order chi connectivity index (χ1) is 33.7. The van der Waals surface area contributed by atoms with E-state index in [1.807, 2.05) is 11.3 Å². The summed E-state index contributed by atoms with van der Waals surface area (Å²) >= 11 is 1.86. The van der Waals surface area contributed by atoms with Crippen LogP contribution in [0.2, 0.25) is 0 Å². The van der Waals surface area contributed by atoms with Gasteiger partial charge < -0.3 is 4.90 Å². The molecule has 0 aliphatic rings. The Labute approximate surface area is 397 Å². The number of nitrogens with zero attached hydrogens (tertiary/aromatic N) is 3. The van der Waals surface area contributed by atoms with E-state index in [0.717, 1.165) is 34.1 Å². The number of hydrogen-bond donors (Lipinski definition) is 0. The molecule has 318 valence electrons. The Morgan fingerprint density at radius 1 is 0.309 bits per heavy atom. The van der Waals surface area contributed by atoms with Crippen molar-refractivity contribution in [1.29, 1.82) is 0 Å². The average molecular weight is 884 g/mol. The number of aromatic nitrogens is 2. The molecular formula is C64H41N3S. The van der Waals surface area contributed by atoms with E-state index in [0.29, 0.717) is 0 Å². The van der Waals surface area contributed by atoms with Crippen molar-refractivity contribution in [3.63, 3.8) is 0 Å². The summed E-state index contributed by atoms with van der Waals surface area (Å²) in [5.74, 6) is 0. The van der Waals surface area contributed by atoms with Crippen molar-refractivity contribution >= 4 is 103 Å². The molecule has 0 N–H and O–H groups in total. The minimum atomic E-state index is 1.10. The van der Waals surface area contributed by atoms with Gasteiger partial charge >= 0.3 is 0 Å². The lowest BCUT2D eigenvalue weighted by atomic mass is 9.95. The second kappa shape index (κ2) is 15.5. The number of thiophene rings is 1. The smallest absolute Gasteiger partial charge is 0.131 e. The third-order valence-electron chi connectivity index (χ3n) is 13.9. The first-order valence-electron chi connectivity index (χ1n) is 23.2. The fourth-order valence-corrected chi connectivity index (χ4v) is 11.9. The van der Waals surface area contributed by atoms with Crippen LogP contribution in [0.5, 0.6) is 0 Å². The van der Waals surface area contributed by atoms with Crippen molar-refractivity contribution in [2.75, 3.05) is 4.90 Å². The van der Waals surface area contributed by atoms with Gasteiger partial charge in [-0.15, -0.1) is 11.3 Å². The average Bonchev–Trinajstić information content (AvgIpc) is 4.07. The molecule has 14 rings (SSSR count). The van der Waals surface area contributed by atoms with Crippen LogP contribution in [0, 0.1) is 0 Å². The molecule has 0 saturated carbocycles. The standard InChI is InChI=1S/C64H41N3S/c1-3-18-47(19-4-1)66-58-26-11-9-24-56(58)63-62-54(25-14-27-59(62)67(64(63)66)48-20-5-2-6-21-48)45-17-13-16-44(39-45)42-31-33-49(34-32-42)65(51-36-38-61-57(41-51)55-23-10-12-28-60(55)68-61)50-35-37-53-46(40-50)30-29-43-15-7-8-22-52(43)53/h1-41H. The normalized spacial score (nSPS) is 11.8. The van der Waals surface area contributed by atoms with Crippen molar-refractivity contribution in [3.05, 3.63) is 249 Å². The number of hydrogen-bond acceptors (Lipinski definition) is 2. The van der Waals surface area contributed by atoms with Crippen LogP contribution in [0.1, 0.15) is 0 Å². The molecule has 0 amide bonds. The number of fused-ring (bicyclic) bond motifs is 11.